The molecule has 4 rings (SSSR count). The van der Waals surface area contributed by atoms with Gasteiger partial charge in [0.15, 0.2) is 0 Å². The monoisotopic (exact) mass is 346 g/mol. The van der Waals surface area contributed by atoms with Crippen LogP contribution in [0.2, 0.25) is 0 Å². The Morgan fingerprint density at radius 2 is 2.00 bits per heavy atom. The largest absolute Gasteiger partial charge is 0.468 e. The smallest absolute Gasteiger partial charge is 0.315 e. The summed E-state index contributed by atoms with van der Waals surface area (Å²) in [7, 11) is 1.37. The Bertz CT molecular complexity index is 931. The lowest BCUT2D eigenvalue weighted by Crippen LogP contribution is -2.33. The number of ether oxygens (including phenoxy) is 1. The van der Waals surface area contributed by atoms with Crippen LogP contribution in [-0.2, 0) is 14.3 Å². The van der Waals surface area contributed by atoms with Gasteiger partial charge in [0.1, 0.15) is 5.92 Å². The van der Waals surface area contributed by atoms with Crippen LogP contribution >= 0.6 is 0 Å². The fourth-order valence-electron chi connectivity index (χ4n) is 3.84. The third-order valence-electron chi connectivity index (χ3n) is 5.27. The molecule has 0 aromatic heterocycles. The zero-order valence-corrected chi connectivity index (χ0v) is 14.4. The highest BCUT2D eigenvalue weighted by molar-refractivity contribution is 6.02. The Kier molecular flexibility index (Phi) is 3.96. The Morgan fingerprint density at radius 1 is 1.19 bits per heavy atom. The molecule has 0 bridgehead atoms. The van der Waals surface area contributed by atoms with E-state index in [0.29, 0.717) is 12.1 Å². The van der Waals surface area contributed by atoms with Crippen molar-refractivity contribution in [2.24, 2.45) is 5.92 Å². The van der Waals surface area contributed by atoms with Gasteiger partial charge in [0.2, 0.25) is 5.91 Å². The van der Waals surface area contributed by atoms with Crippen molar-refractivity contribution in [1.29, 1.82) is 5.26 Å². The van der Waals surface area contributed by atoms with Gasteiger partial charge in [0, 0.05) is 18.2 Å². The SMILES string of the molecule is COC(=O)[C@@H]1CN(C(=O)[C@@H]2C[C@H]2c2cccc(C#N)c2)c2ccccc21. The molecule has 130 valence electrons. The Hall–Kier alpha value is -3.13. The summed E-state index contributed by atoms with van der Waals surface area (Å²) in [6, 6.07) is 17.1. The molecule has 0 N–H and O–H groups in total. The number of carbonyl (C=O) groups is 2. The number of para-hydroxylation sites is 1. The third-order valence-corrected chi connectivity index (χ3v) is 5.27. The predicted octanol–water partition coefficient (Wildman–Crippen LogP) is 2.97. The van der Waals surface area contributed by atoms with Gasteiger partial charge < -0.3 is 9.64 Å². The van der Waals surface area contributed by atoms with Gasteiger partial charge in [-0.05, 0) is 41.7 Å². The molecular weight excluding hydrogens is 328 g/mol. The van der Waals surface area contributed by atoms with Crippen LogP contribution in [0.3, 0.4) is 0 Å². The van der Waals surface area contributed by atoms with Crippen LogP contribution in [0.5, 0.6) is 0 Å². The standard InChI is InChI=1S/C21H18N2O3/c1-26-21(25)18-12-23(19-8-3-2-7-15(18)19)20(24)17-10-16(17)14-6-4-5-13(9-14)11-22/h2-9,16-18H,10,12H2,1H3/t16-,17+,18+/m0/s1. The van der Waals surface area contributed by atoms with Gasteiger partial charge in [0.05, 0.1) is 18.7 Å². The topological polar surface area (TPSA) is 70.4 Å². The van der Waals surface area contributed by atoms with Crippen molar-refractivity contribution < 1.29 is 14.3 Å². The van der Waals surface area contributed by atoms with E-state index in [1.807, 2.05) is 42.5 Å². The van der Waals surface area contributed by atoms with Crippen LogP contribution in [-0.4, -0.2) is 25.5 Å². The minimum atomic E-state index is -0.431. The van der Waals surface area contributed by atoms with Crippen molar-refractivity contribution in [2.45, 2.75) is 18.3 Å². The number of carbonyl (C=O) groups excluding carboxylic acids is 2. The zero-order valence-electron chi connectivity index (χ0n) is 14.4. The van der Waals surface area contributed by atoms with E-state index >= 15 is 0 Å². The highest BCUT2D eigenvalue weighted by Gasteiger charge is 2.48. The predicted molar refractivity (Wildman–Crippen MR) is 95.6 cm³/mol. The van der Waals surface area contributed by atoms with Crippen LogP contribution in [0.4, 0.5) is 5.69 Å². The van der Waals surface area contributed by atoms with Gasteiger partial charge in [-0.15, -0.1) is 0 Å². The quantitative estimate of drug-likeness (QED) is 0.801. The van der Waals surface area contributed by atoms with Gasteiger partial charge in [-0.25, -0.2) is 0 Å². The number of nitrogens with zero attached hydrogens (tertiary/aromatic N) is 2. The summed E-state index contributed by atoms with van der Waals surface area (Å²) in [6.45, 7) is 0.326. The Balaban J connectivity index is 1.56. The molecular formula is C21H18N2O3. The maximum Gasteiger partial charge on any atom is 0.315 e. The Labute approximate surface area is 151 Å². The number of benzene rings is 2. The lowest BCUT2D eigenvalue weighted by atomic mass is 10.0. The summed E-state index contributed by atoms with van der Waals surface area (Å²) in [6.07, 6.45) is 0.773. The molecule has 2 aromatic carbocycles. The van der Waals surface area contributed by atoms with Crippen molar-refractivity contribution >= 4 is 17.6 Å². The number of hydrogen-bond donors (Lipinski definition) is 0. The molecule has 0 saturated heterocycles. The normalized spacial score (nSPS) is 23.1. The van der Waals surface area contributed by atoms with E-state index < -0.39 is 5.92 Å². The lowest BCUT2D eigenvalue weighted by molar-refractivity contribution is -0.142. The molecule has 1 saturated carbocycles. The average molecular weight is 346 g/mol. The summed E-state index contributed by atoms with van der Waals surface area (Å²) >= 11 is 0. The number of nitriles is 1. The first kappa shape index (κ1) is 16.3. The van der Waals surface area contributed by atoms with Crippen molar-refractivity contribution in [3.63, 3.8) is 0 Å². The molecule has 0 spiro atoms. The summed E-state index contributed by atoms with van der Waals surface area (Å²) < 4.78 is 4.90. The molecule has 1 aliphatic heterocycles. The van der Waals surface area contributed by atoms with Crippen molar-refractivity contribution in [2.75, 3.05) is 18.6 Å². The van der Waals surface area contributed by atoms with E-state index in [1.165, 1.54) is 7.11 Å². The maximum atomic E-state index is 13.1. The number of anilines is 1. The molecule has 2 aliphatic rings. The molecule has 0 radical (unpaired) electrons. The van der Waals surface area contributed by atoms with Crippen molar-refractivity contribution in [3.05, 3.63) is 65.2 Å². The molecule has 0 unspecified atom stereocenters. The average Bonchev–Trinajstić information content (AvgIpc) is 3.40. The zero-order chi connectivity index (χ0) is 18.3. The van der Waals surface area contributed by atoms with Gasteiger partial charge in [-0.3, -0.25) is 9.59 Å². The Morgan fingerprint density at radius 3 is 2.77 bits per heavy atom. The van der Waals surface area contributed by atoms with Crippen LogP contribution in [0.15, 0.2) is 48.5 Å². The first-order valence-corrected chi connectivity index (χ1v) is 8.62. The summed E-state index contributed by atoms with van der Waals surface area (Å²) in [5.74, 6) is -0.675. The van der Waals surface area contributed by atoms with Crippen molar-refractivity contribution in [1.82, 2.24) is 0 Å². The van der Waals surface area contributed by atoms with Crippen LogP contribution in [0.25, 0.3) is 0 Å². The fourth-order valence-corrected chi connectivity index (χ4v) is 3.84. The third kappa shape index (κ3) is 2.64. The molecule has 1 heterocycles. The van der Waals surface area contributed by atoms with E-state index in [1.54, 1.807) is 11.0 Å². The molecule has 1 aliphatic carbocycles. The number of amides is 1. The molecule has 2 aromatic rings. The van der Waals surface area contributed by atoms with Crippen LogP contribution in [0, 0.1) is 17.2 Å². The highest BCUT2D eigenvalue weighted by Crippen LogP contribution is 2.50. The van der Waals surface area contributed by atoms with Crippen molar-refractivity contribution in [3.8, 4) is 6.07 Å². The number of rotatable bonds is 3. The van der Waals surface area contributed by atoms with Gasteiger partial charge in [0.25, 0.3) is 0 Å². The van der Waals surface area contributed by atoms with E-state index in [9.17, 15) is 9.59 Å². The highest BCUT2D eigenvalue weighted by atomic mass is 16.5. The number of methoxy groups -OCH3 is 1. The molecule has 26 heavy (non-hydrogen) atoms. The molecule has 5 heteroatoms. The minimum absolute atomic E-state index is 0.0382. The summed E-state index contributed by atoms with van der Waals surface area (Å²) in [4.78, 5) is 26.9. The second-order valence-electron chi connectivity index (χ2n) is 6.77. The van der Waals surface area contributed by atoms with Gasteiger partial charge in [-0.1, -0.05) is 30.3 Å². The van der Waals surface area contributed by atoms with Crippen LogP contribution < -0.4 is 4.90 Å². The van der Waals surface area contributed by atoms with Crippen LogP contribution in [0.1, 0.15) is 34.9 Å². The second kappa shape index (κ2) is 6.30. The first-order valence-electron chi connectivity index (χ1n) is 8.62. The molecule has 5 nitrogen and oxygen atoms in total. The molecule has 1 fully saturated rings. The maximum absolute atomic E-state index is 13.1. The van der Waals surface area contributed by atoms with E-state index in [4.69, 9.17) is 10.00 Å². The first-order chi connectivity index (χ1) is 12.6. The number of fused-ring (bicyclic) bond motifs is 1. The fraction of sp³-hybridized carbons (Fsp3) is 0.286. The lowest BCUT2D eigenvalue weighted by Gasteiger charge is -2.18. The number of esters is 1. The molecule has 1 amide bonds. The second-order valence-corrected chi connectivity index (χ2v) is 6.77. The van der Waals surface area contributed by atoms with E-state index in [2.05, 4.69) is 6.07 Å². The van der Waals surface area contributed by atoms with Gasteiger partial charge in [-0.2, -0.15) is 5.26 Å². The summed E-state index contributed by atoms with van der Waals surface area (Å²) in [5, 5.41) is 9.06. The van der Waals surface area contributed by atoms with E-state index in [0.717, 1.165) is 23.2 Å². The van der Waals surface area contributed by atoms with Gasteiger partial charge >= 0.3 is 5.97 Å². The number of hydrogen-bond acceptors (Lipinski definition) is 4. The van der Waals surface area contributed by atoms with E-state index in [-0.39, 0.29) is 23.7 Å². The molecule has 3 atom stereocenters. The summed E-state index contributed by atoms with van der Waals surface area (Å²) in [5.41, 5.74) is 3.28. The minimum Gasteiger partial charge on any atom is -0.468 e.